The van der Waals surface area contributed by atoms with E-state index in [0.29, 0.717) is 22.4 Å². The van der Waals surface area contributed by atoms with E-state index >= 15 is 0 Å². The molecule has 3 nitrogen and oxygen atoms in total. The van der Waals surface area contributed by atoms with Crippen molar-refractivity contribution < 1.29 is 8.42 Å². The Morgan fingerprint density at radius 1 is 1.15 bits per heavy atom. The molecule has 3 rings (SSSR count). The van der Waals surface area contributed by atoms with E-state index in [1.807, 2.05) is 12.1 Å². The molecule has 20 heavy (non-hydrogen) atoms. The van der Waals surface area contributed by atoms with Crippen molar-refractivity contribution in [1.82, 2.24) is 0 Å². The Balaban J connectivity index is 1.86. The van der Waals surface area contributed by atoms with Gasteiger partial charge in [0.1, 0.15) is 0 Å². The van der Waals surface area contributed by atoms with Crippen molar-refractivity contribution in [3.8, 4) is 0 Å². The van der Waals surface area contributed by atoms with E-state index in [1.54, 1.807) is 19.1 Å². The largest absolute Gasteiger partial charge is 0.365 e. The molecular weight excluding hydrogens is 294 g/mol. The van der Waals surface area contributed by atoms with E-state index < -0.39 is 9.84 Å². The van der Waals surface area contributed by atoms with Gasteiger partial charge in [0.25, 0.3) is 0 Å². The maximum Gasteiger partial charge on any atom is 0.178 e. The van der Waals surface area contributed by atoms with E-state index in [9.17, 15) is 8.42 Å². The van der Waals surface area contributed by atoms with Crippen molar-refractivity contribution >= 4 is 27.1 Å². The Hall–Kier alpha value is -0.740. The molecule has 2 heterocycles. The van der Waals surface area contributed by atoms with Crippen LogP contribution in [0.1, 0.15) is 32.6 Å². The molecule has 1 aromatic rings. The Bertz CT molecular complexity index is 570. The predicted molar refractivity (Wildman–Crippen MR) is 82.3 cm³/mol. The van der Waals surface area contributed by atoms with Gasteiger partial charge in [-0.05, 0) is 49.9 Å². The summed E-state index contributed by atoms with van der Waals surface area (Å²) in [6.45, 7) is 1.68. The van der Waals surface area contributed by atoms with E-state index in [4.69, 9.17) is 11.6 Å². The molecule has 0 aliphatic carbocycles. The van der Waals surface area contributed by atoms with Gasteiger partial charge in [-0.25, -0.2) is 8.42 Å². The summed E-state index contributed by atoms with van der Waals surface area (Å²) in [7, 11) is -3.11. The second-order valence-electron chi connectivity index (χ2n) is 5.76. The smallest absolute Gasteiger partial charge is 0.178 e. The van der Waals surface area contributed by atoms with Crippen molar-refractivity contribution in [2.24, 2.45) is 0 Å². The van der Waals surface area contributed by atoms with Gasteiger partial charge in [-0.15, -0.1) is 11.6 Å². The number of sulfone groups is 1. The number of fused-ring (bicyclic) bond motifs is 2. The quantitative estimate of drug-likeness (QED) is 0.804. The summed E-state index contributed by atoms with van der Waals surface area (Å²) >= 11 is 6.30. The SMILES string of the molecule is CCS(=O)(=O)c1ccc(N2C3CCC2CC(Cl)C3)cc1. The van der Waals surface area contributed by atoms with Gasteiger partial charge >= 0.3 is 0 Å². The molecule has 2 aliphatic rings. The van der Waals surface area contributed by atoms with Crippen LogP contribution in [-0.4, -0.2) is 31.6 Å². The minimum absolute atomic E-state index is 0.148. The van der Waals surface area contributed by atoms with Gasteiger partial charge in [-0.2, -0.15) is 0 Å². The summed E-state index contributed by atoms with van der Waals surface area (Å²) < 4.78 is 23.7. The van der Waals surface area contributed by atoms with Gasteiger partial charge in [0.05, 0.1) is 10.6 Å². The zero-order valence-corrected chi connectivity index (χ0v) is 13.2. The summed E-state index contributed by atoms with van der Waals surface area (Å²) in [6, 6.07) is 8.40. The van der Waals surface area contributed by atoms with Crippen molar-refractivity contribution in [2.75, 3.05) is 10.7 Å². The van der Waals surface area contributed by atoms with Crippen LogP contribution in [0.5, 0.6) is 0 Å². The maximum absolute atomic E-state index is 11.8. The fraction of sp³-hybridized carbons (Fsp3) is 0.600. The first-order valence-electron chi connectivity index (χ1n) is 7.26. The van der Waals surface area contributed by atoms with E-state index in [2.05, 4.69) is 4.90 Å². The van der Waals surface area contributed by atoms with Crippen LogP contribution in [0.4, 0.5) is 5.69 Å². The van der Waals surface area contributed by atoms with Gasteiger partial charge in [-0.1, -0.05) is 6.92 Å². The lowest BCUT2D eigenvalue weighted by Gasteiger charge is -2.38. The predicted octanol–water partition coefficient (Wildman–Crippen LogP) is 3.22. The molecule has 0 N–H and O–H groups in total. The highest BCUT2D eigenvalue weighted by Crippen LogP contribution is 2.41. The topological polar surface area (TPSA) is 37.4 Å². The average Bonchev–Trinajstić information content (AvgIpc) is 2.71. The molecule has 0 spiro atoms. The number of rotatable bonds is 3. The van der Waals surface area contributed by atoms with Crippen LogP contribution in [0.25, 0.3) is 0 Å². The van der Waals surface area contributed by atoms with Crippen LogP contribution in [0, 0.1) is 0 Å². The molecule has 2 aliphatic heterocycles. The molecule has 2 fully saturated rings. The van der Waals surface area contributed by atoms with Gasteiger partial charge in [0, 0.05) is 23.1 Å². The average molecular weight is 314 g/mol. The first kappa shape index (κ1) is 14.2. The monoisotopic (exact) mass is 313 g/mol. The molecule has 0 saturated carbocycles. The highest BCUT2D eigenvalue weighted by Gasteiger charge is 2.40. The highest BCUT2D eigenvalue weighted by atomic mass is 35.5. The Morgan fingerprint density at radius 2 is 1.70 bits per heavy atom. The van der Waals surface area contributed by atoms with Gasteiger partial charge in [0.15, 0.2) is 9.84 Å². The Kier molecular flexibility index (Phi) is 3.71. The molecule has 2 unspecified atom stereocenters. The van der Waals surface area contributed by atoms with Crippen LogP contribution in [0.3, 0.4) is 0 Å². The van der Waals surface area contributed by atoms with Crippen molar-refractivity contribution in [1.29, 1.82) is 0 Å². The van der Waals surface area contributed by atoms with E-state index in [1.165, 1.54) is 12.8 Å². The highest BCUT2D eigenvalue weighted by molar-refractivity contribution is 7.91. The standard InChI is InChI=1S/C15H20ClNO2S/c1-2-20(18,19)15-7-5-12(6-8-15)17-13-3-4-14(17)10-11(16)9-13/h5-8,11,13-14H,2-4,9-10H2,1H3. The number of hydrogen-bond acceptors (Lipinski definition) is 3. The van der Waals surface area contributed by atoms with Gasteiger partial charge in [-0.3, -0.25) is 0 Å². The Labute approximate surface area is 125 Å². The van der Waals surface area contributed by atoms with E-state index in [-0.39, 0.29) is 5.75 Å². The molecule has 110 valence electrons. The Morgan fingerprint density at radius 3 is 2.20 bits per heavy atom. The second kappa shape index (κ2) is 5.23. The minimum atomic E-state index is -3.11. The fourth-order valence-corrected chi connectivity index (χ4v) is 4.82. The molecule has 2 bridgehead atoms. The van der Waals surface area contributed by atoms with Crippen molar-refractivity contribution in [3.05, 3.63) is 24.3 Å². The number of alkyl halides is 1. The number of halogens is 1. The van der Waals surface area contributed by atoms with Crippen molar-refractivity contribution in [2.45, 2.75) is 55.0 Å². The number of hydrogen-bond donors (Lipinski definition) is 0. The summed E-state index contributed by atoms with van der Waals surface area (Å²) in [5, 5.41) is 0.295. The molecule has 2 saturated heterocycles. The molecule has 0 amide bonds. The zero-order valence-electron chi connectivity index (χ0n) is 11.6. The first-order chi connectivity index (χ1) is 9.51. The van der Waals surface area contributed by atoms with Crippen LogP contribution in [0.15, 0.2) is 29.2 Å². The van der Waals surface area contributed by atoms with Gasteiger partial charge < -0.3 is 4.90 Å². The van der Waals surface area contributed by atoms with Crippen LogP contribution < -0.4 is 4.90 Å². The number of piperidine rings is 1. The van der Waals surface area contributed by atoms with Crippen LogP contribution in [0.2, 0.25) is 0 Å². The normalized spacial score (nSPS) is 29.7. The summed E-state index contributed by atoms with van der Waals surface area (Å²) in [6.07, 6.45) is 4.46. The first-order valence-corrected chi connectivity index (χ1v) is 9.35. The third-order valence-corrected chi connectivity index (χ3v) is 6.66. The summed E-state index contributed by atoms with van der Waals surface area (Å²) in [5.41, 5.74) is 1.14. The van der Waals surface area contributed by atoms with E-state index in [0.717, 1.165) is 18.5 Å². The summed E-state index contributed by atoms with van der Waals surface area (Å²) in [4.78, 5) is 2.87. The van der Waals surface area contributed by atoms with Crippen molar-refractivity contribution in [3.63, 3.8) is 0 Å². The third-order valence-electron chi connectivity index (χ3n) is 4.55. The minimum Gasteiger partial charge on any atom is -0.365 e. The molecule has 0 radical (unpaired) electrons. The lowest BCUT2D eigenvalue weighted by molar-refractivity contribution is 0.474. The maximum atomic E-state index is 11.8. The fourth-order valence-electron chi connectivity index (χ4n) is 3.52. The lowest BCUT2D eigenvalue weighted by Crippen LogP contribution is -2.43. The molecule has 1 aromatic carbocycles. The molecule has 2 atom stereocenters. The van der Waals surface area contributed by atoms with Crippen LogP contribution in [-0.2, 0) is 9.84 Å². The van der Waals surface area contributed by atoms with Crippen LogP contribution >= 0.6 is 11.6 Å². The molecule has 5 heteroatoms. The number of benzene rings is 1. The summed E-state index contributed by atoms with van der Waals surface area (Å²) in [5.74, 6) is 0.148. The number of nitrogens with zero attached hydrogens (tertiary/aromatic N) is 1. The lowest BCUT2D eigenvalue weighted by atomic mass is 10.0. The molecule has 0 aromatic heterocycles. The van der Waals surface area contributed by atoms with Gasteiger partial charge in [0.2, 0.25) is 0 Å². The number of anilines is 1. The zero-order chi connectivity index (χ0) is 14.3. The molecular formula is C15H20ClNO2S. The second-order valence-corrected chi connectivity index (χ2v) is 8.65. The third kappa shape index (κ3) is 2.44.